The zero-order chi connectivity index (χ0) is 17.7. The lowest BCUT2D eigenvalue weighted by Gasteiger charge is -2.26. The van der Waals surface area contributed by atoms with Crippen LogP contribution >= 0.6 is 11.3 Å². The summed E-state index contributed by atoms with van der Waals surface area (Å²) in [5.41, 5.74) is 0.255. The summed E-state index contributed by atoms with van der Waals surface area (Å²) in [6, 6.07) is 8.18. The Balaban J connectivity index is 2.42. The molecule has 1 heterocycles. The number of amides is 1. The first-order chi connectivity index (χ1) is 11.4. The van der Waals surface area contributed by atoms with Crippen LogP contribution in [-0.2, 0) is 14.8 Å². The SMILES string of the molecule is CCN(CC)C(=O)CN(c1ccc(F)cc1)S(=O)(=O)c1cccs1. The number of likely N-dealkylation sites (N-methyl/N-ethyl adjacent to an activating group) is 1. The second kappa shape index (κ2) is 7.76. The average molecular weight is 370 g/mol. The minimum Gasteiger partial charge on any atom is -0.342 e. The molecule has 1 aromatic carbocycles. The number of carbonyl (C=O) groups is 1. The van der Waals surface area contributed by atoms with Gasteiger partial charge in [0.05, 0.1) is 5.69 Å². The van der Waals surface area contributed by atoms with E-state index < -0.39 is 15.8 Å². The van der Waals surface area contributed by atoms with Crippen LogP contribution in [0.2, 0.25) is 0 Å². The van der Waals surface area contributed by atoms with Crippen molar-refractivity contribution in [1.29, 1.82) is 0 Å². The fraction of sp³-hybridized carbons (Fsp3) is 0.312. The maximum absolute atomic E-state index is 13.2. The summed E-state index contributed by atoms with van der Waals surface area (Å²) in [5.74, 6) is -0.772. The smallest absolute Gasteiger partial charge is 0.274 e. The summed E-state index contributed by atoms with van der Waals surface area (Å²) in [4.78, 5) is 14.0. The Hall–Kier alpha value is -1.93. The third kappa shape index (κ3) is 3.93. The molecule has 2 aromatic rings. The molecule has 2 rings (SSSR count). The molecular weight excluding hydrogens is 351 g/mol. The monoisotopic (exact) mass is 370 g/mol. The van der Waals surface area contributed by atoms with Gasteiger partial charge >= 0.3 is 0 Å². The van der Waals surface area contributed by atoms with E-state index in [-0.39, 0.29) is 22.3 Å². The molecule has 0 N–H and O–H groups in total. The molecule has 0 bridgehead atoms. The van der Waals surface area contributed by atoms with Gasteiger partial charge in [-0.1, -0.05) is 6.07 Å². The van der Waals surface area contributed by atoms with Crippen molar-refractivity contribution in [3.05, 3.63) is 47.6 Å². The molecule has 24 heavy (non-hydrogen) atoms. The van der Waals surface area contributed by atoms with Gasteiger partial charge in [0.15, 0.2) is 0 Å². The fourth-order valence-corrected chi connectivity index (χ4v) is 4.76. The second-order valence-electron chi connectivity index (χ2n) is 4.99. The van der Waals surface area contributed by atoms with E-state index in [1.54, 1.807) is 16.3 Å². The van der Waals surface area contributed by atoms with Crippen LogP contribution < -0.4 is 4.31 Å². The molecule has 1 amide bonds. The standard InChI is InChI=1S/C16H19FN2O3S2/c1-3-18(4-2)15(20)12-19(14-9-7-13(17)8-10-14)24(21,22)16-6-5-11-23-16/h5-11H,3-4,12H2,1-2H3. The summed E-state index contributed by atoms with van der Waals surface area (Å²) in [6.45, 7) is 4.32. The van der Waals surface area contributed by atoms with E-state index >= 15 is 0 Å². The van der Waals surface area contributed by atoms with Gasteiger partial charge in [0, 0.05) is 13.1 Å². The van der Waals surface area contributed by atoms with E-state index in [2.05, 4.69) is 0 Å². The van der Waals surface area contributed by atoms with Crippen LogP contribution in [0.4, 0.5) is 10.1 Å². The van der Waals surface area contributed by atoms with Crippen molar-refractivity contribution in [2.45, 2.75) is 18.1 Å². The van der Waals surface area contributed by atoms with Crippen LogP contribution in [0, 0.1) is 5.82 Å². The molecule has 0 aliphatic rings. The Morgan fingerprint density at radius 1 is 1.12 bits per heavy atom. The van der Waals surface area contributed by atoms with E-state index in [1.807, 2.05) is 13.8 Å². The Labute approximate surface area is 145 Å². The Morgan fingerprint density at radius 3 is 2.25 bits per heavy atom. The third-order valence-corrected chi connectivity index (χ3v) is 6.70. The molecule has 0 saturated heterocycles. The van der Waals surface area contributed by atoms with Crippen molar-refractivity contribution in [3.8, 4) is 0 Å². The Kier molecular flexibility index (Phi) is 5.95. The van der Waals surface area contributed by atoms with Crippen LogP contribution in [0.5, 0.6) is 0 Å². The topological polar surface area (TPSA) is 57.7 Å². The largest absolute Gasteiger partial charge is 0.342 e. The highest BCUT2D eigenvalue weighted by Crippen LogP contribution is 2.26. The van der Waals surface area contributed by atoms with Crippen LogP contribution in [-0.4, -0.2) is 38.9 Å². The molecular formula is C16H19FN2O3S2. The van der Waals surface area contributed by atoms with Crippen molar-refractivity contribution in [1.82, 2.24) is 4.90 Å². The quantitative estimate of drug-likeness (QED) is 0.753. The first kappa shape index (κ1) is 18.4. The number of thiophene rings is 1. The van der Waals surface area contributed by atoms with Gasteiger partial charge in [0.2, 0.25) is 5.91 Å². The lowest BCUT2D eigenvalue weighted by Crippen LogP contribution is -2.42. The minimum atomic E-state index is -3.89. The first-order valence-corrected chi connectivity index (χ1v) is 9.81. The number of hydrogen-bond acceptors (Lipinski definition) is 4. The van der Waals surface area contributed by atoms with Crippen molar-refractivity contribution < 1.29 is 17.6 Å². The van der Waals surface area contributed by atoms with Crippen molar-refractivity contribution in [2.24, 2.45) is 0 Å². The molecule has 0 fully saturated rings. The number of benzene rings is 1. The molecule has 0 atom stereocenters. The maximum atomic E-state index is 13.2. The van der Waals surface area contributed by atoms with E-state index in [4.69, 9.17) is 0 Å². The van der Waals surface area contributed by atoms with Gasteiger partial charge < -0.3 is 4.90 Å². The molecule has 5 nitrogen and oxygen atoms in total. The van der Waals surface area contributed by atoms with Gasteiger partial charge in [-0.15, -0.1) is 11.3 Å². The molecule has 1 aromatic heterocycles. The lowest BCUT2D eigenvalue weighted by atomic mass is 10.3. The third-order valence-electron chi connectivity index (χ3n) is 3.55. The molecule has 0 spiro atoms. The molecule has 0 aliphatic heterocycles. The molecule has 8 heteroatoms. The van der Waals surface area contributed by atoms with Gasteiger partial charge in [-0.3, -0.25) is 9.10 Å². The summed E-state index contributed by atoms with van der Waals surface area (Å²) in [6.07, 6.45) is 0. The minimum absolute atomic E-state index is 0.138. The number of halogens is 1. The molecule has 0 aliphatic carbocycles. The second-order valence-corrected chi connectivity index (χ2v) is 8.02. The van der Waals surface area contributed by atoms with Crippen LogP contribution in [0.3, 0.4) is 0 Å². The number of hydrogen-bond donors (Lipinski definition) is 0. The number of rotatable bonds is 7. The maximum Gasteiger partial charge on any atom is 0.274 e. The highest BCUT2D eigenvalue weighted by molar-refractivity contribution is 7.94. The summed E-state index contributed by atoms with van der Waals surface area (Å²) in [7, 11) is -3.89. The number of carbonyl (C=O) groups excluding carboxylic acids is 1. The molecule has 0 saturated carbocycles. The summed E-state index contributed by atoms with van der Waals surface area (Å²) < 4.78 is 40.1. The number of sulfonamides is 1. The van der Waals surface area contributed by atoms with Gasteiger partial charge in [-0.05, 0) is 49.6 Å². The molecule has 0 unspecified atom stereocenters. The van der Waals surface area contributed by atoms with Gasteiger partial charge in [0.1, 0.15) is 16.6 Å². The zero-order valence-corrected chi connectivity index (χ0v) is 15.1. The first-order valence-electron chi connectivity index (χ1n) is 7.49. The van der Waals surface area contributed by atoms with Crippen molar-refractivity contribution >= 4 is 33.0 Å². The van der Waals surface area contributed by atoms with Gasteiger partial charge in [-0.25, -0.2) is 12.8 Å². The Morgan fingerprint density at radius 2 is 1.75 bits per heavy atom. The molecule has 130 valence electrons. The highest BCUT2D eigenvalue weighted by atomic mass is 32.2. The normalized spacial score (nSPS) is 11.3. The fourth-order valence-electron chi connectivity index (χ4n) is 2.24. The van der Waals surface area contributed by atoms with Crippen LogP contribution in [0.15, 0.2) is 46.0 Å². The van der Waals surface area contributed by atoms with Crippen LogP contribution in [0.25, 0.3) is 0 Å². The zero-order valence-electron chi connectivity index (χ0n) is 13.5. The van der Waals surface area contributed by atoms with Crippen molar-refractivity contribution in [2.75, 3.05) is 23.9 Å². The average Bonchev–Trinajstić information content (AvgIpc) is 3.10. The van der Waals surface area contributed by atoms with E-state index in [0.29, 0.717) is 13.1 Å². The van der Waals surface area contributed by atoms with Gasteiger partial charge in [-0.2, -0.15) is 0 Å². The number of nitrogens with zero attached hydrogens (tertiary/aromatic N) is 2. The van der Waals surface area contributed by atoms with E-state index in [1.165, 1.54) is 30.3 Å². The van der Waals surface area contributed by atoms with E-state index in [9.17, 15) is 17.6 Å². The predicted octanol–water partition coefficient (Wildman–Crippen LogP) is 2.95. The van der Waals surface area contributed by atoms with Crippen molar-refractivity contribution in [3.63, 3.8) is 0 Å². The van der Waals surface area contributed by atoms with Gasteiger partial charge in [0.25, 0.3) is 10.0 Å². The Bertz CT molecular complexity index is 770. The predicted molar refractivity (Wildman–Crippen MR) is 93.2 cm³/mol. The van der Waals surface area contributed by atoms with E-state index in [0.717, 1.165) is 15.6 Å². The number of anilines is 1. The summed E-state index contributed by atoms with van der Waals surface area (Å²) >= 11 is 1.07. The highest BCUT2D eigenvalue weighted by Gasteiger charge is 2.29. The molecule has 0 radical (unpaired) electrons. The van der Waals surface area contributed by atoms with Crippen LogP contribution in [0.1, 0.15) is 13.8 Å². The lowest BCUT2D eigenvalue weighted by molar-refractivity contribution is -0.129. The summed E-state index contributed by atoms with van der Waals surface area (Å²) in [5, 5.41) is 1.65.